The van der Waals surface area contributed by atoms with Crippen LogP contribution >= 0.6 is 11.6 Å². The first-order valence-electron chi connectivity index (χ1n) is 7.54. The molecule has 0 saturated carbocycles. The lowest BCUT2D eigenvalue weighted by Crippen LogP contribution is -2.01. The molecule has 2 rings (SSSR count). The van der Waals surface area contributed by atoms with Crippen LogP contribution in [-0.4, -0.2) is 17.7 Å². The fraction of sp³-hybridized carbons (Fsp3) is 0.211. The van der Waals surface area contributed by atoms with E-state index in [0.29, 0.717) is 22.9 Å². The Kier molecular flexibility index (Phi) is 6.24. The molecule has 0 spiro atoms. The van der Waals surface area contributed by atoms with E-state index in [4.69, 9.17) is 16.3 Å². The number of carboxylic acids is 1. The van der Waals surface area contributed by atoms with Crippen LogP contribution in [0.4, 0.5) is 0 Å². The van der Waals surface area contributed by atoms with E-state index in [2.05, 4.69) is 6.92 Å². The molecule has 0 amide bonds. The highest BCUT2D eigenvalue weighted by molar-refractivity contribution is 6.30. The second-order valence-corrected chi connectivity index (χ2v) is 5.55. The highest BCUT2D eigenvalue weighted by Gasteiger charge is 2.12. The second kappa shape index (κ2) is 8.39. The van der Waals surface area contributed by atoms with Gasteiger partial charge in [-0.15, -0.1) is 0 Å². The summed E-state index contributed by atoms with van der Waals surface area (Å²) in [7, 11) is 0. The van der Waals surface area contributed by atoms with Gasteiger partial charge in [-0.25, -0.2) is 4.79 Å². The van der Waals surface area contributed by atoms with E-state index in [1.54, 1.807) is 30.3 Å². The predicted octanol–water partition coefficient (Wildman–Crippen LogP) is 5.14. The molecule has 0 aromatic heterocycles. The van der Waals surface area contributed by atoms with Gasteiger partial charge in [0.25, 0.3) is 0 Å². The summed E-state index contributed by atoms with van der Waals surface area (Å²) in [5.74, 6) is -0.302. The molecular weight excluding hydrogens is 312 g/mol. The normalized spacial score (nSPS) is 11.3. The molecule has 4 heteroatoms. The molecule has 3 nitrogen and oxygen atoms in total. The lowest BCUT2D eigenvalue weighted by Gasteiger charge is -2.10. The second-order valence-electron chi connectivity index (χ2n) is 5.11. The first kappa shape index (κ1) is 17.1. The number of halogens is 1. The molecule has 0 radical (unpaired) electrons. The third-order valence-corrected chi connectivity index (χ3v) is 3.61. The summed E-state index contributed by atoms with van der Waals surface area (Å²) in [6.45, 7) is 2.71. The van der Waals surface area contributed by atoms with Crippen molar-refractivity contribution in [2.24, 2.45) is 0 Å². The molecule has 0 heterocycles. The summed E-state index contributed by atoms with van der Waals surface area (Å²) >= 11 is 5.87. The standard InChI is InChI=1S/C19H19ClO3/c1-2-3-12-23-18-7-5-4-6-15(18)13-17(19(21)22)14-8-10-16(20)11-9-14/h4-11,13H,2-3,12H2,1H3,(H,21,22)/b17-13-. The van der Waals surface area contributed by atoms with Crippen molar-refractivity contribution in [2.75, 3.05) is 6.61 Å². The van der Waals surface area contributed by atoms with Gasteiger partial charge in [0.2, 0.25) is 0 Å². The molecule has 23 heavy (non-hydrogen) atoms. The van der Waals surface area contributed by atoms with Gasteiger partial charge < -0.3 is 9.84 Å². The van der Waals surface area contributed by atoms with Crippen molar-refractivity contribution < 1.29 is 14.6 Å². The number of hydrogen-bond acceptors (Lipinski definition) is 2. The number of unbranched alkanes of at least 4 members (excludes halogenated alkanes) is 1. The van der Waals surface area contributed by atoms with Crippen LogP contribution in [0.1, 0.15) is 30.9 Å². The maximum absolute atomic E-state index is 11.6. The molecule has 0 aliphatic rings. The summed E-state index contributed by atoms with van der Waals surface area (Å²) in [6, 6.07) is 14.2. The topological polar surface area (TPSA) is 46.5 Å². The van der Waals surface area contributed by atoms with Crippen molar-refractivity contribution in [1.29, 1.82) is 0 Å². The van der Waals surface area contributed by atoms with Gasteiger partial charge in [-0.2, -0.15) is 0 Å². The van der Waals surface area contributed by atoms with Crippen molar-refractivity contribution in [1.82, 2.24) is 0 Å². The SMILES string of the molecule is CCCCOc1ccccc1/C=C(\C(=O)O)c1ccc(Cl)cc1. The van der Waals surface area contributed by atoms with Gasteiger partial charge >= 0.3 is 5.97 Å². The van der Waals surface area contributed by atoms with E-state index in [9.17, 15) is 9.90 Å². The number of carboxylic acid groups (broad SMARTS) is 1. The van der Waals surface area contributed by atoms with Crippen LogP contribution in [0.5, 0.6) is 5.75 Å². The number of para-hydroxylation sites is 1. The molecule has 0 atom stereocenters. The smallest absolute Gasteiger partial charge is 0.336 e. The minimum absolute atomic E-state index is 0.202. The zero-order valence-corrected chi connectivity index (χ0v) is 13.7. The van der Waals surface area contributed by atoms with E-state index < -0.39 is 5.97 Å². The largest absolute Gasteiger partial charge is 0.493 e. The number of benzene rings is 2. The molecule has 2 aromatic rings. The van der Waals surface area contributed by atoms with Crippen molar-refractivity contribution in [2.45, 2.75) is 19.8 Å². The fourth-order valence-corrected chi connectivity index (χ4v) is 2.24. The summed E-state index contributed by atoms with van der Waals surface area (Å²) in [6.07, 6.45) is 3.64. The lowest BCUT2D eigenvalue weighted by molar-refractivity contribution is -0.130. The van der Waals surface area contributed by atoms with Gasteiger partial charge in [-0.1, -0.05) is 55.3 Å². The van der Waals surface area contributed by atoms with Crippen LogP contribution in [-0.2, 0) is 4.79 Å². The van der Waals surface area contributed by atoms with Gasteiger partial charge in [0.1, 0.15) is 5.75 Å². The van der Waals surface area contributed by atoms with E-state index in [-0.39, 0.29) is 5.57 Å². The third-order valence-electron chi connectivity index (χ3n) is 3.36. The number of aliphatic carboxylic acids is 1. The highest BCUT2D eigenvalue weighted by Crippen LogP contribution is 2.26. The Bertz CT molecular complexity index is 690. The Morgan fingerprint density at radius 3 is 2.52 bits per heavy atom. The Morgan fingerprint density at radius 1 is 1.17 bits per heavy atom. The van der Waals surface area contributed by atoms with Crippen LogP contribution in [0.15, 0.2) is 48.5 Å². The predicted molar refractivity (Wildman–Crippen MR) is 93.8 cm³/mol. The Morgan fingerprint density at radius 2 is 1.87 bits per heavy atom. The molecule has 0 aliphatic carbocycles. The van der Waals surface area contributed by atoms with Crippen LogP contribution < -0.4 is 4.74 Å². The highest BCUT2D eigenvalue weighted by atomic mass is 35.5. The maximum Gasteiger partial charge on any atom is 0.336 e. The summed E-state index contributed by atoms with van der Waals surface area (Å²) in [4.78, 5) is 11.6. The van der Waals surface area contributed by atoms with Crippen molar-refractivity contribution in [3.8, 4) is 5.75 Å². The fourth-order valence-electron chi connectivity index (χ4n) is 2.11. The van der Waals surface area contributed by atoms with E-state index in [0.717, 1.165) is 18.4 Å². The molecule has 0 saturated heterocycles. The summed E-state index contributed by atoms with van der Waals surface area (Å²) in [5.41, 5.74) is 1.55. The van der Waals surface area contributed by atoms with Gasteiger partial charge in [0.15, 0.2) is 0 Å². The van der Waals surface area contributed by atoms with Crippen molar-refractivity contribution in [3.63, 3.8) is 0 Å². The number of carbonyl (C=O) groups is 1. The van der Waals surface area contributed by atoms with Gasteiger partial charge in [0, 0.05) is 10.6 Å². The van der Waals surface area contributed by atoms with E-state index in [1.807, 2.05) is 24.3 Å². The lowest BCUT2D eigenvalue weighted by atomic mass is 10.0. The first-order valence-corrected chi connectivity index (χ1v) is 7.92. The molecule has 0 fully saturated rings. The first-order chi connectivity index (χ1) is 11.1. The molecule has 1 N–H and O–H groups in total. The average Bonchev–Trinajstić information content (AvgIpc) is 2.55. The Labute approximate surface area is 141 Å². The number of ether oxygens (including phenoxy) is 1. The molecule has 0 bridgehead atoms. The zero-order chi connectivity index (χ0) is 16.7. The monoisotopic (exact) mass is 330 g/mol. The van der Waals surface area contributed by atoms with E-state index >= 15 is 0 Å². The van der Waals surface area contributed by atoms with E-state index in [1.165, 1.54) is 0 Å². The zero-order valence-electron chi connectivity index (χ0n) is 13.0. The van der Waals surface area contributed by atoms with Crippen LogP contribution in [0, 0.1) is 0 Å². The molecule has 0 unspecified atom stereocenters. The minimum Gasteiger partial charge on any atom is -0.493 e. The van der Waals surface area contributed by atoms with Crippen LogP contribution in [0.2, 0.25) is 5.02 Å². The van der Waals surface area contributed by atoms with Crippen LogP contribution in [0.25, 0.3) is 11.6 Å². The summed E-state index contributed by atoms with van der Waals surface area (Å²) < 4.78 is 5.75. The Balaban J connectivity index is 2.36. The number of hydrogen-bond donors (Lipinski definition) is 1. The Hall–Kier alpha value is -2.26. The van der Waals surface area contributed by atoms with Crippen molar-refractivity contribution >= 4 is 29.2 Å². The summed E-state index contributed by atoms with van der Waals surface area (Å²) in [5, 5.41) is 10.1. The minimum atomic E-state index is -0.990. The molecule has 0 aliphatic heterocycles. The molecule has 2 aromatic carbocycles. The maximum atomic E-state index is 11.6. The average molecular weight is 331 g/mol. The third kappa shape index (κ3) is 4.86. The van der Waals surface area contributed by atoms with Gasteiger partial charge in [-0.05, 0) is 36.3 Å². The quantitative estimate of drug-likeness (QED) is 0.434. The van der Waals surface area contributed by atoms with Crippen molar-refractivity contribution in [3.05, 3.63) is 64.7 Å². The number of rotatable bonds is 7. The molecule has 120 valence electrons. The van der Waals surface area contributed by atoms with Crippen LogP contribution in [0.3, 0.4) is 0 Å². The van der Waals surface area contributed by atoms with Gasteiger partial charge in [-0.3, -0.25) is 0 Å². The van der Waals surface area contributed by atoms with Gasteiger partial charge in [0.05, 0.1) is 12.2 Å². The molecular formula is C19H19ClO3.